The van der Waals surface area contributed by atoms with E-state index >= 15 is 0 Å². The number of nitrogens with one attached hydrogen (secondary N) is 1. The summed E-state index contributed by atoms with van der Waals surface area (Å²) in [6.45, 7) is 1.63. The van der Waals surface area contributed by atoms with Crippen LogP contribution in [0, 0.1) is 4.77 Å². The molecule has 4 nitrogen and oxygen atoms in total. The molecule has 0 saturated heterocycles. The van der Waals surface area contributed by atoms with Crippen LogP contribution in [0.5, 0.6) is 0 Å². The molecule has 1 atom stereocenters. The van der Waals surface area contributed by atoms with Crippen LogP contribution in [0.15, 0.2) is 6.20 Å². The number of imidazole rings is 1. The highest BCUT2D eigenvalue weighted by Gasteiger charge is 2.16. The van der Waals surface area contributed by atoms with Gasteiger partial charge in [0.1, 0.15) is 0 Å². The summed E-state index contributed by atoms with van der Waals surface area (Å²) in [6, 6.07) is 0. The fourth-order valence-corrected chi connectivity index (χ4v) is 1.15. The number of nitrogens with zero attached hydrogens (tertiary/aromatic N) is 1. The molecule has 0 radical (unpaired) electrons. The molecule has 1 rings (SSSR count). The Hall–Kier alpha value is -1.10. The molecule has 12 heavy (non-hydrogen) atoms. The summed E-state index contributed by atoms with van der Waals surface area (Å²) in [4.78, 5) is 13.4. The molecule has 2 N–H and O–H groups in total. The van der Waals surface area contributed by atoms with Crippen LogP contribution in [0.3, 0.4) is 0 Å². The second-order valence-corrected chi connectivity index (χ2v) is 3.02. The van der Waals surface area contributed by atoms with Crippen LogP contribution < -0.4 is 0 Å². The molecule has 0 aliphatic carbocycles. The normalized spacial score (nSPS) is 12.8. The van der Waals surface area contributed by atoms with Crippen molar-refractivity contribution in [3.05, 3.63) is 16.7 Å². The van der Waals surface area contributed by atoms with Gasteiger partial charge in [0.15, 0.2) is 4.77 Å². The summed E-state index contributed by atoms with van der Waals surface area (Å²) in [7, 11) is 1.74. The fourth-order valence-electron chi connectivity index (χ4n) is 0.989. The van der Waals surface area contributed by atoms with Crippen LogP contribution in [0.4, 0.5) is 0 Å². The Kier molecular flexibility index (Phi) is 2.32. The minimum absolute atomic E-state index is 0.525. The molecule has 0 aliphatic rings. The first-order valence-corrected chi connectivity index (χ1v) is 3.92. The van der Waals surface area contributed by atoms with Gasteiger partial charge >= 0.3 is 5.97 Å². The van der Waals surface area contributed by atoms with Crippen molar-refractivity contribution in [2.24, 2.45) is 7.05 Å². The fraction of sp³-hybridized carbons (Fsp3) is 0.429. The van der Waals surface area contributed by atoms with Crippen LogP contribution in [0.2, 0.25) is 0 Å². The first kappa shape index (κ1) is 8.99. The third kappa shape index (κ3) is 1.40. The van der Waals surface area contributed by atoms with Gasteiger partial charge in [0.2, 0.25) is 0 Å². The van der Waals surface area contributed by atoms with Crippen molar-refractivity contribution in [3.8, 4) is 0 Å². The maximum atomic E-state index is 10.6. The zero-order valence-electron chi connectivity index (χ0n) is 6.87. The van der Waals surface area contributed by atoms with E-state index in [0.717, 1.165) is 0 Å². The molecular formula is C7H10N2O2S. The smallest absolute Gasteiger partial charge is 0.312 e. The van der Waals surface area contributed by atoms with Crippen molar-refractivity contribution in [1.82, 2.24) is 9.55 Å². The predicted molar refractivity (Wildman–Crippen MR) is 46.6 cm³/mol. The van der Waals surface area contributed by atoms with Crippen LogP contribution in [-0.4, -0.2) is 20.6 Å². The Bertz CT molecular complexity index is 353. The largest absolute Gasteiger partial charge is 0.481 e. The van der Waals surface area contributed by atoms with E-state index in [1.54, 1.807) is 24.7 Å². The Labute approximate surface area is 74.8 Å². The first-order chi connectivity index (χ1) is 5.54. The Morgan fingerprint density at radius 1 is 1.83 bits per heavy atom. The van der Waals surface area contributed by atoms with E-state index in [-0.39, 0.29) is 0 Å². The van der Waals surface area contributed by atoms with Crippen molar-refractivity contribution in [1.29, 1.82) is 0 Å². The zero-order valence-corrected chi connectivity index (χ0v) is 7.68. The summed E-state index contributed by atoms with van der Waals surface area (Å²) < 4.78 is 2.20. The van der Waals surface area contributed by atoms with Gasteiger partial charge < -0.3 is 14.7 Å². The van der Waals surface area contributed by atoms with E-state index in [2.05, 4.69) is 4.98 Å². The van der Waals surface area contributed by atoms with Gasteiger partial charge in [-0.1, -0.05) is 0 Å². The quantitative estimate of drug-likeness (QED) is 0.684. The molecule has 0 aromatic carbocycles. The number of hydrogen-bond acceptors (Lipinski definition) is 2. The van der Waals surface area contributed by atoms with Crippen molar-refractivity contribution >= 4 is 18.2 Å². The molecule has 0 spiro atoms. The standard InChI is InChI=1S/C7H10N2O2S/c1-4(6(10)11)5-3-8-7(12)9(5)2/h3-4H,1-2H3,(H,8,12)(H,10,11). The van der Waals surface area contributed by atoms with Crippen LogP contribution >= 0.6 is 12.2 Å². The van der Waals surface area contributed by atoms with Crippen molar-refractivity contribution in [3.63, 3.8) is 0 Å². The minimum Gasteiger partial charge on any atom is -0.481 e. The summed E-state index contributed by atoms with van der Waals surface area (Å²) >= 11 is 4.89. The lowest BCUT2D eigenvalue weighted by molar-refractivity contribution is -0.138. The van der Waals surface area contributed by atoms with Gasteiger partial charge in [-0.15, -0.1) is 0 Å². The molecule has 0 bridgehead atoms. The lowest BCUT2D eigenvalue weighted by Crippen LogP contribution is -2.11. The molecule has 1 aromatic heterocycles. The second kappa shape index (κ2) is 3.10. The van der Waals surface area contributed by atoms with Crippen LogP contribution in [0.1, 0.15) is 18.5 Å². The molecule has 1 unspecified atom stereocenters. The molecule has 0 amide bonds. The van der Waals surface area contributed by atoms with Crippen LogP contribution in [0.25, 0.3) is 0 Å². The molecule has 0 fully saturated rings. The second-order valence-electron chi connectivity index (χ2n) is 2.64. The zero-order chi connectivity index (χ0) is 9.30. The summed E-state index contributed by atoms with van der Waals surface area (Å²) in [5.41, 5.74) is 0.688. The minimum atomic E-state index is -0.848. The number of hydrogen-bond donors (Lipinski definition) is 2. The maximum Gasteiger partial charge on any atom is 0.312 e. The van der Waals surface area contributed by atoms with Gasteiger partial charge in [0.25, 0.3) is 0 Å². The van der Waals surface area contributed by atoms with Crippen molar-refractivity contribution in [2.75, 3.05) is 0 Å². The number of aromatic amines is 1. The summed E-state index contributed by atoms with van der Waals surface area (Å²) in [6.07, 6.45) is 1.63. The molecule has 66 valence electrons. The van der Waals surface area contributed by atoms with Gasteiger partial charge in [0, 0.05) is 18.9 Å². The van der Waals surface area contributed by atoms with Gasteiger partial charge in [-0.2, -0.15) is 0 Å². The van der Waals surface area contributed by atoms with E-state index in [1.165, 1.54) is 0 Å². The number of H-pyrrole nitrogens is 1. The Morgan fingerprint density at radius 2 is 2.42 bits per heavy atom. The Balaban J connectivity index is 3.11. The number of rotatable bonds is 2. The van der Waals surface area contributed by atoms with E-state index in [0.29, 0.717) is 10.5 Å². The highest BCUT2D eigenvalue weighted by atomic mass is 32.1. The molecule has 0 saturated carbocycles. The van der Waals surface area contributed by atoms with Gasteiger partial charge in [-0.3, -0.25) is 4.79 Å². The van der Waals surface area contributed by atoms with Gasteiger partial charge in [0.05, 0.1) is 5.92 Å². The molecule has 5 heteroatoms. The monoisotopic (exact) mass is 186 g/mol. The molecule has 1 aromatic rings. The average molecular weight is 186 g/mol. The topological polar surface area (TPSA) is 58.0 Å². The summed E-state index contributed by atoms with van der Waals surface area (Å²) in [5.74, 6) is -1.37. The number of carbonyl (C=O) groups is 1. The third-order valence-electron chi connectivity index (χ3n) is 1.85. The highest BCUT2D eigenvalue weighted by molar-refractivity contribution is 7.71. The lowest BCUT2D eigenvalue weighted by Gasteiger charge is -2.05. The SMILES string of the molecule is CC(C(=O)O)c1c[nH]c(=S)n1C. The van der Waals surface area contributed by atoms with E-state index < -0.39 is 11.9 Å². The Morgan fingerprint density at radius 3 is 2.75 bits per heavy atom. The lowest BCUT2D eigenvalue weighted by atomic mass is 10.1. The first-order valence-electron chi connectivity index (χ1n) is 3.51. The number of aromatic nitrogens is 2. The summed E-state index contributed by atoms with van der Waals surface area (Å²) in [5, 5.41) is 8.71. The average Bonchev–Trinajstić information content (AvgIpc) is 2.32. The number of carboxylic acid groups (broad SMARTS) is 1. The van der Waals surface area contributed by atoms with Crippen molar-refractivity contribution in [2.45, 2.75) is 12.8 Å². The predicted octanol–water partition coefficient (Wildman–Crippen LogP) is 1.27. The van der Waals surface area contributed by atoms with Gasteiger partial charge in [-0.25, -0.2) is 0 Å². The highest BCUT2D eigenvalue weighted by Crippen LogP contribution is 2.13. The van der Waals surface area contributed by atoms with Gasteiger partial charge in [-0.05, 0) is 19.1 Å². The van der Waals surface area contributed by atoms with Crippen molar-refractivity contribution < 1.29 is 9.90 Å². The molecule has 1 heterocycles. The third-order valence-corrected chi connectivity index (χ3v) is 2.24. The number of aliphatic carboxylic acids is 1. The number of carboxylic acids is 1. The molecule has 0 aliphatic heterocycles. The molecular weight excluding hydrogens is 176 g/mol. The van der Waals surface area contributed by atoms with Crippen LogP contribution in [-0.2, 0) is 11.8 Å². The maximum absolute atomic E-state index is 10.6. The van der Waals surface area contributed by atoms with E-state index in [1.807, 2.05) is 0 Å². The van der Waals surface area contributed by atoms with E-state index in [4.69, 9.17) is 17.3 Å². The van der Waals surface area contributed by atoms with E-state index in [9.17, 15) is 4.79 Å².